The minimum absolute atomic E-state index is 0.715. The quantitative estimate of drug-likeness (QED) is 0.465. The van der Waals surface area contributed by atoms with Crippen LogP contribution in [-0.4, -0.2) is 17.4 Å². The van der Waals surface area contributed by atoms with Gasteiger partial charge in [0.2, 0.25) is 0 Å². The van der Waals surface area contributed by atoms with Crippen LogP contribution < -0.4 is 9.22 Å². The molecule has 0 radical (unpaired) electrons. The molecule has 0 atom stereocenters. The van der Waals surface area contributed by atoms with Crippen molar-refractivity contribution in [2.24, 2.45) is 0 Å². The van der Waals surface area contributed by atoms with Crippen molar-refractivity contribution < 1.29 is 9.22 Å². The Morgan fingerprint density at radius 1 is 0.478 bits per heavy atom. The molecule has 0 amide bonds. The van der Waals surface area contributed by atoms with Gasteiger partial charge in [0.15, 0.2) is 0 Å². The van der Waals surface area contributed by atoms with Gasteiger partial charge in [-0.25, -0.2) is 0 Å². The summed E-state index contributed by atoms with van der Waals surface area (Å²) in [6, 6.07) is 28.6. The Morgan fingerprint density at radius 2 is 0.739 bits per heavy atom. The van der Waals surface area contributed by atoms with Crippen molar-refractivity contribution in [2.45, 2.75) is 0 Å². The van der Waals surface area contributed by atoms with Crippen molar-refractivity contribution in [3.63, 3.8) is 0 Å². The van der Waals surface area contributed by atoms with Crippen molar-refractivity contribution in [1.29, 1.82) is 0 Å². The topological polar surface area (TPSA) is 27.7 Å². The maximum atomic E-state index is 6.09. The van der Waals surface area contributed by atoms with E-state index in [2.05, 4.69) is 12.7 Å². The molecule has 3 aromatic rings. The standard InChI is InChI=1S/3C6H6O.BrH.Sn/c3*7-6-4-2-1-3-5-6;;/h3*1-5,7H;1H;/q;;;;+4/p-4. The molecule has 0 aromatic heterocycles. The third-order valence-corrected chi connectivity index (χ3v) is 10.3. The van der Waals surface area contributed by atoms with Crippen LogP contribution in [0.2, 0.25) is 0 Å². The van der Waals surface area contributed by atoms with E-state index in [9.17, 15) is 0 Å². The second-order valence-corrected chi connectivity index (χ2v) is 15.7. The molecule has 0 unspecified atom stereocenters. The van der Waals surface area contributed by atoms with Crippen LogP contribution in [0.1, 0.15) is 0 Å². The number of benzene rings is 3. The summed E-state index contributed by atoms with van der Waals surface area (Å²) in [5, 5.41) is 0. The minimum atomic E-state index is -4.02. The van der Waals surface area contributed by atoms with E-state index in [1.165, 1.54) is 0 Å². The Bertz CT molecular complexity index is 622. The summed E-state index contributed by atoms with van der Waals surface area (Å²) < 4.78 is 18.3. The molecule has 0 spiro atoms. The monoisotopic (exact) mass is 478 g/mol. The molecule has 0 aliphatic carbocycles. The van der Waals surface area contributed by atoms with Crippen LogP contribution in [-0.2, 0) is 0 Å². The molecule has 5 heteroatoms. The van der Waals surface area contributed by atoms with E-state index in [-0.39, 0.29) is 0 Å². The fraction of sp³-hybridized carbons (Fsp3) is 0. The Labute approximate surface area is 147 Å². The third kappa shape index (κ3) is 4.91. The molecule has 0 N–H and O–H groups in total. The van der Waals surface area contributed by atoms with E-state index in [0.29, 0.717) is 17.2 Å². The van der Waals surface area contributed by atoms with Crippen molar-refractivity contribution in [3.8, 4) is 17.2 Å². The number of halogens is 1. The van der Waals surface area contributed by atoms with E-state index >= 15 is 0 Å². The van der Waals surface area contributed by atoms with Gasteiger partial charge in [-0.3, -0.25) is 0 Å². The number of rotatable bonds is 6. The first-order valence-electron chi connectivity index (χ1n) is 7.15. The van der Waals surface area contributed by atoms with Gasteiger partial charge in [0.1, 0.15) is 0 Å². The van der Waals surface area contributed by atoms with Crippen LogP contribution in [0.5, 0.6) is 17.2 Å². The predicted octanol–water partition coefficient (Wildman–Crippen LogP) is 5.05. The average Bonchev–Trinajstić information content (AvgIpc) is 2.57. The molecule has 0 fully saturated rings. The van der Waals surface area contributed by atoms with Crippen LogP contribution >= 0.6 is 12.7 Å². The van der Waals surface area contributed by atoms with Gasteiger partial charge in [0.25, 0.3) is 0 Å². The van der Waals surface area contributed by atoms with E-state index in [0.717, 1.165) is 0 Å². The second-order valence-electron chi connectivity index (χ2n) is 4.73. The van der Waals surface area contributed by atoms with Crippen molar-refractivity contribution in [3.05, 3.63) is 91.0 Å². The molecular weight excluding hydrogens is 463 g/mol. The summed E-state index contributed by atoms with van der Waals surface area (Å²) in [5.74, 6) is 2.14. The van der Waals surface area contributed by atoms with Gasteiger partial charge in [0.05, 0.1) is 0 Å². The van der Waals surface area contributed by atoms with Crippen LogP contribution in [0, 0.1) is 0 Å². The van der Waals surface area contributed by atoms with Gasteiger partial charge < -0.3 is 0 Å². The van der Waals surface area contributed by atoms with Gasteiger partial charge in [-0.2, -0.15) is 0 Å². The number of para-hydroxylation sites is 3. The Balaban J connectivity index is 1.85. The fourth-order valence-corrected chi connectivity index (χ4v) is 9.64. The maximum absolute atomic E-state index is 6.09. The van der Waals surface area contributed by atoms with Crippen LogP contribution in [0.15, 0.2) is 91.0 Å². The molecule has 0 saturated heterocycles. The molecule has 23 heavy (non-hydrogen) atoms. The summed E-state index contributed by atoms with van der Waals surface area (Å²) in [6.07, 6.45) is 0. The first kappa shape index (κ1) is 16.2. The zero-order valence-electron chi connectivity index (χ0n) is 12.3. The van der Waals surface area contributed by atoms with Gasteiger partial charge in [0, 0.05) is 0 Å². The van der Waals surface area contributed by atoms with Crippen LogP contribution in [0.4, 0.5) is 0 Å². The molecule has 0 aliphatic rings. The van der Waals surface area contributed by atoms with Gasteiger partial charge in [-0.15, -0.1) is 0 Å². The van der Waals surface area contributed by atoms with Gasteiger partial charge in [-0.05, 0) is 0 Å². The number of hydrogen-bond donors (Lipinski definition) is 0. The molecule has 3 rings (SSSR count). The molecule has 116 valence electrons. The van der Waals surface area contributed by atoms with E-state index in [1.54, 1.807) is 0 Å². The molecule has 0 heterocycles. The van der Waals surface area contributed by atoms with E-state index in [4.69, 9.17) is 9.22 Å². The second kappa shape index (κ2) is 7.74. The molecule has 0 aliphatic heterocycles. The summed E-state index contributed by atoms with van der Waals surface area (Å²) in [4.78, 5) is 0. The zero-order chi connectivity index (χ0) is 16.0. The van der Waals surface area contributed by atoms with Gasteiger partial charge >= 0.3 is 148 Å². The fourth-order valence-electron chi connectivity index (χ4n) is 1.95. The first-order chi connectivity index (χ1) is 11.2. The molecule has 3 nitrogen and oxygen atoms in total. The average molecular weight is 478 g/mol. The van der Waals surface area contributed by atoms with Crippen LogP contribution in [0.25, 0.3) is 0 Å². The predicted molar refractivity (Wildman–Crippen MR) is 95.9 cm³/mol. The van der Waals surface area contributed by atoms with Crippen molar-refractivity contribution in [1.82, 2.24) is 0 Å². The normalized spacial score (nSPS) is 10.8. The van der Waals surface area contributed by atoms with Crippen molar-refractivity contribution >= 4 is 30.1 Å². The number of hydrogen-bond acceptors (Lipinski definition) is 3. The molecular formula is C18H15BrO3Sn. The summed E-state index contributed by atoms with van der Waals surface area (Å²) in [7, 11) is 0. The molecule has 0 saturated carbocycles. The van der Waals surface area contributed by atoms with Gasteiger partial charge in [-0.1, -0.05) is 0 Å². The Morgan fingerprint density at radius 3 is 1.00 bits per heavy atom. The molecule has 0 bridgehead atoms. The summed E-state index contributed by atoms with van der Waals surface area (Å²) in [6.45, 7) is 0. The Kier molecular flexibility index (Phi) is 5.46. The first-order valence-corrected chi connectivity index (χ1v) is 17.0. The van der Waals surface area contributed by atoms with E-state index < -0.39 is 17.4 Å². The summed E-state index contributed by atoms with van der Waals surface area (Å²) >= 11 is -0.383. The molecule has 3 aromatic carbocycles. The Hall–Kier alpha value is -1.66. The van der Waals surface area contributed by atoms with Crippen molar-refractivity contribution in [2.75, 3.05) is 0 Å². The summed E-state index contributed by atoms with van der Waals surface area (Å²) in [5.41, 5.74) is 0. The SMILES string of the molecule is [Br][Sn]([O]c1ccccc1)([O]c1ccccc1)[O]c1ccccc1. The third-order valence-electron chi connectivity index (χ3n) is 2.95. The van der Waals surface area contributed by atoms with Crippen LogP contribution in [0.3, 0.4) is 0 Å². The van der Waals surface area contributed by atoms with E-state index in [1.807, 2.05) is 91.0 Å². The zero-order valence-corrected chi connectivity index (χ0v) is 16.7.